The zero-order valence-electron chi connectivity index (χ0n) is 14.5. The fourth-order valence-corrected chi connectivity index (χ4v) is 3.08. The molecule has 0 aromatic carbocycles. The Hall–Kier alpha value is -0.0800. The van der Waals surface area contributed by atoms with Gasteiger partial charge in [-0.05, 0) is 39.0 Å². The number of hydrogen-bond donors (Lipinski definition) is 2. The number of hydrogen-bond acceptors (Lipinski definition) is 3. The van der Waals surface area contributed by atoms with Crippen molar-refractivity contribution in [3.63, 3.8) is 0 Å². The highest BCUT2D eigenvalue weighted by molar-refractivity contribution is 14.0. The van der Waals surface area contributed by atoms with Crippen LogP contribution in [-0.2, 0) is 9.47 Å². The Morgan fingerprint density at radius 1 is 1.13 bits per heavy atom. The molecule has 1 saturated heterocycles. The van der Waals surface area contributed by atoms with Crippen LogP contribution in [0.4, 0.5) is 0 Å². The number of rotatable bonds is 8. The average Bonchev–Trinajstić information content (AvgIpc) is 3.06. The summed E-state index contributed by atoms with van der Waals surface area (Å²) in [5.41, 5.74) is 0. The summed E-state index contributed by atoms with van der Waals surface area (Å²) in [4.78, 5) is 4.61. The lowest BCUT2D eigenvalue weighted by atomic mass is 9.98. The van der Waals surface area contributed by atoms with Crippen molar-refractivity contribution in [2.45, 2.75) is 70.5 Å². The Morgan fingerprint density at radius 3 is 2.65 bits per heavy atom. The first-order valence-corrected chi connectivity index (χ1v) is 9.14. The van der Waals surface area contributed by atoms with Crippen LogP contribution >= 0.6 is 24.0 Å². The van der Waals surface area contributed by atoms with Gasteiger partial charge in [0.15, 0.2) is 5.96 Å². The molecular formula is C17H34IN3O2. The Bertz CT molecular complexity index is 317. The largest absolute Gasteiger partial charge is 0.378 e. The predicted octanol–water partition coefficient (Wildman–Crippen LogP) is 3.08. The smallest absolute Gasteiger partial charge is 0.191 e. The summed E-state index contributed by atoms with van der Waals surface area (Å²) in [5, 5.41) is 6.68. The predicted molar refractivity (Wildman–Crippen MR) is 106 cm³/mol. The fourth-order valence-electron chi connectivity index (χ4n) is 3.08. The van der Waals surface area contributed by atoms with Gasteiger partial charge in [0, 0.05) is 26.3 Å². The lowest BCUT2D eigenvalue weighted by Crippen LogP contribution is -2.38. The number of aliphatic imine (C=N–C) groups is 1. The maximum atomic E-state index is 5.95. The molecule has 5 nitrogen and oxygen atoms in total. The van der Waals surface area contributed by atoms with Crippen molar-refractivity contribution in [2.75, 3.05) is 32.8 Å². The molecule has 0 spiro atoms. The molecule has 0 aromatic heterocycles. The van der Waals surface area contributed by atoms with Crippen molar-refractivity contribution >= 4 is 29.9 Å². The summed E-state index contributed by atoms with van der Waals surface area (Å²) in [6.07, 6.45) is 10.7. The van der Waals surface area contributed by atoms with Crippen molar-refractivity contribution in [1.82, 2.24) is 10.6 Å². The van der Waals surface area contributed by atoms with Crippen LogP contribution in [0.15, 0.2) is 4.99 Å². The molecule has 1 atom stereocenters. The van der Waals surface area contributed by atoms with E-state index in [1.54, 1.807) is 0 Å². The second kappa shape index (κ2) is 13.2. The van der Waals surface area contributed by atoms with Crippen LogP contribution in [-0.4, -0.2) is 51.0 Å². The third-order valence-electron chi connectivity index (χ3n) is 4.34. The average molecular weight is 439 g/mol. The summed E-state index contributed by atoms with van der Waals surface area (Å²) in [5.74, 6) is 0.899. The summed E-state index contributed by atoms with van der Waals surface area (Å²) in [6, 6.07) is 0. The van der Waals surface area contributed by atoms with Crippen LogP contribution in [0.25, 0.3) is 0 Å². The van der Waals surface area contributed by atoms with Gasteiger partial charge in [-0.2, -0.15) is 0 Å². The second-order valence-electron chi connectivity index (χ2n) is 6.27. The SMILES string of the molecule is CCNC(=NCC1CCCO1)NCCCOC1CCCCC1.I. The molecule has 2 N–H and O–H groups in total. The van der Waals surface area contributed by atoms with Crippen molar-refractivity contribution < 1.29 is 9.47 Å². The molecule has 23 heavy (non-hydrogen) atoms. The highest BCUT2D eigenvalue weighted by Gasteiger charge is 2.15. The first-order valence-electron chi connectivity index (χ1n) is 9.14. The molecule has 1 saturated carbocycles. The third kappa shape index (κ3) is 9.10. The number of nitrogens with one attached hydrogen (secondary N) is 2. The summed E-state index contributed by atoms with van der Waals surface area (Å²) >= 11 is 0. The molecule has 1 aliphatic carbocycles. The molecule has 2 rings (SSSR count). The lowest BCUT2D eigenvalue weighted by molar-refractivity contribution is 0.0277. The zero-order valence-corrected chi connectivity index (χ0v) is 16.8. The number of nitrogens with zero attached hydrogens (tertiary/aromatic N) is 1. The van der Waals surface area contributed by atoms with Crippen LogP contribution in [0, 0.1) is 0 Å². The minimum absolute atomic E-state index is 0. The highest BCUT2D eigenvalue weighted by Crippen LogP contribution is 2.20. The first kappa shape index (κ1) is 21.0. The Balaban J connectivity index is 0.00000264. The Morgan fingerprint density at radius 2 is 1.96 bits per heavy atom. The van der Waals surface area contributed by atoms with Gasteiger partial charge in [0.25, 0.3) is 0 Å². The fraction of sp³-hybridized carbons (Fsp3) is 0.941. The van der Waals surface area contributed by atoms with E-state index < -0.39 is 0 Å². The topological polar surface area (TPSA) is 54.9 Å². The van der Waals surface area contributed by atoms with E-state index in [0.29, 0.717) is 12.2 Å². The molecule has 0 amide bonds. The van der Waals surface area contributed by atoms with Crippen molar-refractivity contribution in [3.05, 3.63) is 0 Å². The minimum Gasteiger partial charge on any atom is -0.378 e. The number of ether oxygens (including phenoxy) is 2. The molecule has 6 heteroatoms. The quantitative estimate of drug-likeness (QED) is 0.264. The van der Waals surface area contributed by atoms with Gasteiger partial charge in [0.05, 0.1) is 18.8 Å². The van der Waals surface area contributed by atoms with Gasteiger partial charge < -0.3 is 20.1 Å². The minimum atomic E-state index is 0. The van der Waals surface area contributed by atoms with Gasteiger partial charge in [-0.3, -0.25) is 4.99 Å². The summed E-state index contributed by atoms with van der Waals surface area (Å²) < 4.78 is 11.6. The molecule has 1 aliphatic heterocycles. The van der Waals surface area contributed by atoms with Crippen LogP contribution in [0.5, 0.6) is 0 Å². The summed E-state index contributed by atoms with van der Waals surface area (Å²) in [6.45, 7) is 6.38. The monoisotopic (exact) mass is 439 g/mol. The second-order valence-corrected chi connectivity index (χ2v) is 6.27. The van der Waals surface area contributed by atoms with Crippen LogP contribution in [0.2, 0.25) is 0 Å². The van der Waals surface area contributed by atoms with Crippen LogP contribution in [0.1, 0.15) is 58.3 Å². The third-order valence-corrected chi connectivity index (χ3v) is 4.34. The molecule has 2 fully saturated rings. The normalized spacial score (nSPS) is 22.7. The maximum absolute atomic E-state index is 5.95. The van der Waals surface area contributed by atoms with E-state index in [9.17, 15) is 0 Å². The van der Waals surface area contributed by atoms with Crippen molar-refractivity contribution in [3.8, 4) is 0 Å². The number of guanidine groups is 1. The van der Waals surface area contributed by atoms with Crippen LogP contribution in [0.3, 0.4) is 0 Å². The van der Waals surface area contributed by atoms with E-state index in [1.165, 1.54) is 38.5 Å². The van der Waals surface area contributed by atoms with Crippen molar-refractivity contribution in [1.29, 1.82) is 0 Å². The van der Waals surface area contributed by atoms with E-state index in [2.05, 4.69) is 22.5 Å². The first-order chi connectivity index (χ1) is 10.9. The van der Waals surface area contributed by atoms with E-state index in [4.69, 9.17) is 9.47 Å². The Labute approximate surface area is 158 Å². The molecule has 1 heterocycles. The molecule has 0 radical (unpaired) electrons. The molecule has 2 aliphatic rings. The molecule has 0 aromatic rings. The molecular weight excluding hydrogens is 405 g/mol. The zero-order chi connectivity index (χ0) is 15.5. The van der Waals surface area contributed by atoms with E-state index in [-0.39, 0.29) is 24.0 Å². The standard InChI is InChI=1S/C17H33N3O2.HI/c1-2-18-17(20-14-16-10-6-12-22-16)19-11-7-13-21-15-8-4-3-5-9-15;/h15-16H,2-14H2,1H3,(H2,18,19,20);1H. The lowest BCUT2D eigenvalue weighted by Gasteiger charge is -2.22. The molecule has 136 valence electrons. The Kier molecular flexibility index (Phi) is 12.1. The molecule has 0 bridgehead atoms. The van der Waals surface area contributed by atoms with Gasteiger partial charge in [0.2, 0.25) is 0 Å². The van der Waals surface area contributed by atoms with Gasteiger partial charge in [-0.25, -0.2) is 0 Å². The maximum Gasteiger partial charge on any atom is 0.191 e. The van der Waals surface area contributed by atoms with E-state index >= 15 is 0 Å². The number of halogens is 1. The van der Waals surface area contributed by atoms with Gasteiger partial charge >= 0.3 is 0 Å². The van der Waals surface area contributed by atoms with E-state index in [0.717, 1.165) is 51.6 Å². The van der Waals surface area contributed by atoms with Crippen LogP contribution < -0.4 is 10.6 Å². The van der Waals surface area contributed by atoms with Crippen molar-refractivity contribution in [2.24, 2.45) is 4.99 Å². The van der Waals surface area contributed by atoms with E-state index in [1.807, 2.05) is 0 Å². The highest BCUT2D eigenvalue weighted by atomic mass is 127. The van der Waals surface area contributed by atoms with Gasteiger partial charge in [0.1, 0.15) is 0 Å². The molecule has 1 unspecified atom stereocenters. The summed E-state index contributed by atoms with van der Waals surface area (Å²) in [7, 11) is 0. The van der Waals surface area contributed by atoms with Gasteiger partial charge in [-0.15, -0.1) is 24.0 Å². The van der Waals surface area contributed by atoms with Gasteiger partial charge in [-0.1, -0.05) is 19.3 Å².